The van der Waals surface area contributed by atoms with Crippen LogP contribution in [0.5, 0.6) is 0 Å². The van der Waals surface area contributed by atoms with Gasteiger partial charge >= 0.3 is 0 Å². The molecular weight excluding hydrogens is 276 g/mol. The standard InChI is InChI=1S/C16H16N6/c1-2-13(8-17-4-1)16-20-9-12-3-7-22(10-14(12)21-16)11-15-18-5-6-19-15/h1-2,4-6,8-9H,3,7,10-11H2,(H,18,19). The number of aromatic amines is 1. The molecule has 4 heterocycles. The molecule has 1 aliphatic rings. The van der Waals surface area contributed by atoms with Crippen LogP contribution in [0.25, 0.3) is 11.4 Å². The molecule has 0 unspecified atom stereocenters. The Bertz CT molecular complexity index is 754. The highest BCUT2D eigenvalue weighted by atomic mass is 15.2. The zero-order valence-electron chi connectivity index (χ0n) is 12.1. The molecule has 0 bridgehead atoms. The molecule has 3 aromatic rings. The van der Waals surface area contributed by atoms with Crippen LogP contribution in [0, 0.1) is 0 Å². The lowest BCUT2D eigenvalue weighted by Crippen LogP contribution is -2.31. The van der Waals surface area contributed by atoms with Gasteiger partial charge in [0.15, 0.2) is 5.82 Å². The lowest BCUT2D eigenvalue weighted by Gasteiger charge is -2.27. The summed E-state index contributed by atoms with van der Waals surface area (Å²) in [6, 6.07) is 3.89. The van der Waals surface area contributed by atoms with Crippen molar-refractivity contribution in [3.8, 4) is 11.4 Å². The van der Waals surface area contributed by atoms with Crippen LogP contribution in [0.3, 0.4) is 0 Å². The van der Waals surface area contributed by atoms with E-state index in [9.17, 15) is 0 Å². The highest BCUT2D eigenvalue weighted by molar-refractivity contribution is 5.53. The molecule has 0 fully saturated rings. The van der Waals surface area contributed by atoms with Gasteiger partial charge in [0, 0.05) is 49.6 Å². The molecule has 0 saturated heterocycles. The van der Waals surface area contributed by atoms with Gasteiger partial charge in [0.05, 0.1) is 12.2 Å². The van der Waals surface area contributed by atoms with Crippen molar-refractivity contribution >= 4 is 0 Å². The van der Waals surface area contributed by atoms with Crippen molar-refractivity contribution in [3.05, 3.63) is 60.2 Å². The zero-order chi connectivity index (χ0) is 14.8. The number of pyridine rings is 1. The van der Waals surface area contributed by atoms with Gasteiger partial charge in [0.1, 0.15) is 5.82 Å². The minimum Gasteiger partial charge on any atom is -0.348 e. The van der Waals surface area contributed by atoms with E-state index < -0.39 is 0 Å². The average Bonchev–Trinajstić information content (AvgIpc) is 3.08. The van der Waals surface area contributed by atoms with Crippen LogP contribution in [0.15, 0.2) is 43.1 Å². The average molecular weight is 292 g/mol. The van der Waals surface area contributed by atoms with Crippen molar-refractivity contribution in [2.24, 2.45) is 0 Å². The second-order valence-electron chi connectivity index (χ2n) is 5.40. The van der Waals surface area contributed by atoms with E-state index in [0.29, 0.717) is 0 Å². The van der Waals surface area contributed by atoms with Crippen LogP contribution >= 0.6 is 0 Å². The van der Waals surface area contributed by atoms with Gasteiger partial charge in [0.25, 0.3) is 0 Å². The lowest BCUT2D eigenvalue weighted by atomic mass is 10.1. The smallest absolute Gasteiger partial charge is 0.160 e. The molecule has 0 spiro atoms. The van der Waals surface area contributed by atoms with E-state index in [2.05, 4.69) is 24.8 Å². The van der Waals surface area contributed by atoms with Gasteiger partial charge in [-0.3, -0.25) is 9.88 Å². The van der Waals surface area contributed by atoms with Gasteiger partial charge in [-0.05, 0) is 24.1 Å². The van der Waals surface area contributed by atoms with Crippen LogP contribution in [0.2, 0.25) is 0 Å². The van der Waals surface area contributed by atoms with Gasteiger partial charge in [-0.1, -0.05) is 0 Å². The van der Waals surface area contributed by atoms with Gasteiger partial charge in [-0.25, -0.2) is 15.0 Å². The summed E-state index contributed by atoms with van der Waals surface area (Å²) in [6.07, 6.45) is 10.1. The number of rotatable bonds is 3. The minimum atomic E-state index is 0.742. The molecule has 6 heteroatoms. The SMILES string of the molecule is c1cncc(-c2ncc3c(n2)CN(Cc2ncc[nH]2)CC3)c1. The van der Waals surface area contributed by atoms with E-state index in [1.165, 1.54) is 5.56 Å². The van der Waals surface area contributed by atoms with Gasteiger partial charge < -0.3 is 4.98 Å². The molecule has 0 radical (unpaired) electrons. The molecular formula is C16H16N6. The Balaban J connectivity index is 1.58. The summed E-state index contributed by atoms with van der Waals surface area (Å²) in [5.74, 6) is 1.73. The second-order valence-corrected chi connectivity index (χ2v) is 5.40. The Kier molecular flexibility index (Phi) is 3.36. The summed E-state index contributed by atoms with van der Waals surface area (Å²) >= 11 is 0. The Morgan fingerprint density at radius 2 is 2.18 bits per heavy atom. The molecule has 22 heavy (non-hydrogen) atoms. The summed E-state index contributed by atoms with van der Waals surface area (Å²) in [7, 11) is 0. The highest BCUT2D eigenvalue weighted by Gasteiger charge is 2.19. The molecule has 0 saturated carbocycles. The maximum absolute atomic E-state index is 4.74. The Labute approximate surface area is 128 Å². The molecule has 0 aromatic carbocycles. The summed E-state index contributed by atoms with van der Waals surface area (Å²) in [4.78, 5) is 23.1. The van der Waals surface area contributed by atoms with Crippen LogP contribution in [-0.2, 0) is 19.5 Å². The maximum atomic E-state index is 4.74. The third-order valence-electron chi connectivity index (χ3n) is 3.87. The largest absolute Gasteiger partial charge is 0.348 e. The third-order valence-corrected chi connectivity index (χ3v) is 3.87. The molecule has 1 aliphatic heterocycles. The number of nitrogens with one attached hydrogen (secondary N) is 1. The van der Waals surface area contributed by atoms with Gasteiger partial charge in [-0.2, -0.15) is 0 Å². The van der Waals surface area contributed by atoms with Crippen LogP contribution < -0.4 is 0 Å². The fraction of sp³-hybridized carbons (Fsp3) is 0.250. The highest BCUT2D eigenvalue weighted by Crippen LogP contribution is 2.21. The quantitative estimate of drug-likeness (QED) is 0.797. The van der Waals surface area contributed by atoms with Gasteiger partial charge in [-0.15, -0.1) is 0 Å². The minimum absolute atomic E-state index is 0.742. The van der Waals surface area contributed by atoms with Crippen molar-refractivity contribution in [1.29, 1.82) is 0 Å². The Morgan fingerprint density at radius 1 is 1.18 bits per heavy atom. The van der Waals surface area contributed by atoms with Crippen LogP contribution in [-0.4, -0.2) is 36.4 Å². The fourth-order valence-corrected chi connectivity index (χ4v) is 2.72. The Morgan fingerprint density at radius 3 is 3.00 bits per heavy atom. The molecule has 1 N–H and O–H groups in total. The molecule has 0 atom stereocenters. The number of H-pyrrole nitrogens is 1. The predicted molar refractivity (Wildman–Crippen MR) is 81.7 cm³/mol. The second kappa shape index (κ2) is 5.65. The van der Waals surface area contributed by atoms with Crippen LogP contribution in [0.1, 0.15) is 17.1 Å². The van der Waals surface area contributed by atoms with E-state index in [0.717, 1.165) is 49.0 Å². The first-order valence-corrected chi connectivity index (χ1v) is 7.34. The van der Waals surface area contributed by atoms with E-state index in [1.54, 1.807) is 18.6 Å². The number of nitrogens with zero attached hydrogens (tertiary/aromatic N) is 5. The summed E-state index contributed by atoms with van der Waals surface area (Å²) in [5, 5.41) is 0. The number of fused-ring (bicyclic) bond motifs is 1. The zero-order valence-corrected chi connectivity index (χ0v) is 12.1. The van der Waals surface area contributed by atoms with Crippen molar-refractivity contribution in [1.82, 2.24) is 29.8 Å². The van der Waals surface area contributed by atoms with Crippen molar-refractivity contribution in [3.63, 3.8) is 0 Å². The summed E-state index contributed by atoms with van der Waals surface area (Å²) in [6.45, 7) is 2.65. The molecule has 110 valence electrons. The van der Waals surface area contributed by atoms with Gasteiger partial charge in [0.2, 0.25) is 0 Å². The topological polar surface area (TPSA) is 70.6 Å². The van der Waals surface area contributed by atoms with E-state index in [-0.39, 0.29) is 0 Å². The van der Waals surface area contributed by atoms with E-state index in [4.69, 9.17) is 4.98 Å². The van der Waals surface area contributed by atoms with Crippen molar-refractivity contribution in [2.75, 3.05) is 6.54 Å². The lowest BCUT2D eigenvalue weighted by molar-refractivity contribution is 0.236. The number of aromatic nitrogens is 5. The molecule has 4 rings (SSSR count). The van der Waals surface area contributed by atoms with Crippen molar-refractivity contribution in [2.45, 2.75) is 19.5 Å². The molecule has 0 aliphatic carbocycles. The first-order chi connectivity index (χ1) is 10.9. The van der Waals surface area contributed by atoms with Crippen molar-refractivity contribution < 1.29 is 0 Å². The first kappa shape index (κ1) is 13.1. The number of hydrogen-bond acceptors (Lipinski definition) is 5. The summed E-state index contributed by atoms with van der Waals surface area (Å²) in [5.41, 5.74) is 3.29. The first-order valence-electron chi connectivity index (χ1n) is 7.34. The predicted octanol–water partition coefficient (Wildman–Crippen LogP) is 1.82. The van der Waals surface area contributed by atoms with Crippen LogP contribution in [0.4, 0.5) is 0 Å². The summed E-state index contributed by atoms with van der Waals surface area (Å²) < 4.78 is 0. The molecule has 3 aromatic heterocycles. The van der Waals surface area contributed by atoms with E-state index >= 15 is 0 Å². The molecule has 6 nitrogen and oxygen atoms in total. The monoisotopic (exact) mass is 292 g/mol. The molecule has 0 amide bonds. The number of imidazole rings is 1. The maximum Gasteiger partial charge on any atom is 0.160 e. The Hall–Kier alpha value is -2.60. The normalized spacial score (nSPS) is 14.7. The van der Waals surface area contributed by atoms with E-state index in [1.807, 2.05) is 24.5 Å². The third kappa shape index (κ3) is 2.60. The fourth-order valence-electron chi connectivity index (χ4n) is 2.72. The number of hydrogen-bond donors (Lipinski definition) is 1.